The molecule has 24 heavy (non-hydrogen) atoms. The summed E-state index contributed by atoms with van der Waals surface area (Å²) < 4.78 is 9.79. The second kappa shape index (κ2) is 8.59. The van der Waals surface area contributed by atoms with Gasteiger partial charge in [-0.3, -0.25) is 4.79 Å². The topological polar surface area (TPSA) is 77.5 Å². The number of carbonyl (C=O) groups excluding carboxylic acids is 2. The Morgan fingerprint density at radius 1 is 1.12 bits per heavy atom. The Labute approximate surface area is 140 Å². The summed E-state index contributed by atoms with van der Waals surface area (Å²) >= 11 is 0. The Bertz CT molecular complexity index is 739. The average Bonchev–Trinajstić information content (AvgIpc) is 2.54. The molecule has 0 fully saturated rings. The Balaban J connectivity index is 2.01. The van der Waals surface area contributed by atoms with Crippen LogP contribution in [0.4, 0.5) is 5.82 Å². The van der Waals surface area contributed by atoms with E-state index in [9.17, 15) is 9.59 Å². The van der Waals surface area contributed by atoms with E-state index in [0.717, 1.165) is 11.1 Å². The Morgan fingerprint density at radius 2 is 1.83 bits per heavy atom. The molecule has 1 aromatic carbocycles. The number of amides is 1. The van der Waals surface area contributed by atoms with Gasteiger partial charge in [-0.25, -0.2) is 9.78 Å². The van der Waals surface area contributed by atoms with E-state index in [-0.39, 0.29) is 12.5 Å². The fourth-order valence-corrected chi connectivity index (χ4v) is 1.92. The minimum Gasteiger partial charge on any atom is -0.425 e. The predicted octanol–water partition coefficient (Wildman–Crippen LogP) is 2.76. The smallest absolute Gasteiger partial charge is 0.337 e. The molecule has 1 N–H and O–H groups in total. The van der Waals surface area contributed by atoms with Crippen LogP contribution in [0.1, 0.15) is 18.1 Å². The largest absolute Gasteiger partial charge is 0.425 e. The van der Waals surface area contributed by atoms with Crippen molar-refractivity contribution in [2.45, 2.75) is 6.92 Å². The number of nitrogens with zero attached hydrogens (tertiary/aromatic N) is 1. The van der Waals surface area contributed by atoms with Crippen molar-refractivity contribution >= 4 is 29.8 Å². The minimum atomic E-state index is -0.442. The van der Waals surface area contributed by atoms with Crippen LogP contribution in [0.2, 0.25) is 0 Å². The Morgan fingerprint density at radius 3 is 2.50 bits per heavy atom. The summed E-state index contributed by atoms with van der Waals surface area (Å²) in [5, 5.41) is 2.64. The molecule has 0 spiro atoms. The van der Waals surface area contributed by atoms with E-state index in [4.69, 9.17) is 9.47 Å². The average molecular weight is 326 g/mol. The SMILES string of the molecule is COCC(=O)Oc1ccc(/C=C/c2ccnc(NC(C)=O)c2)cc1. The third-order valence-corrected chi connectivity index (χ3v) is 2.93. The second-order valence-corrected chi connectivity index (χ2v) is 4.97. The van der Waals surface area contributed by atoms with Gasteiger partial charge in [-0.15, -0.1) is 0 Å². The van der Waals surface area contributed by atoms with E-state index in [0.29, 0.717) is 11.6 Å². The number of anilines is 1. The van der Waals surface area contributed by atoms with E-state index in [2.05, 4.69) is 10.3 Å². The summed E-state index contributed by atoms with van der Waals surface area (Å²) in [6.45, 7) is 1.35. The number of carbonyl (C=O) groups is 2. The summed E-state index contributed by atoms with van der Waals surface area (Å²) in [6.07, 6.45) is 5.44. The molecule has 6 heteroatoms. The van der Waals surface area contributed by atoms with Crippen LogP contribution in [-0.2, 0) is 14.3 Å². The van der Waals surface area contributed by atoms with Gasteiger partial charge < -0.3 is 14.8 Å². The van der Waals surface area contributed by atoms with Gasteiger partial charge in [0.2, 0.25) is 5.91 Å². The molecular formula is C18H18N2O4. The second-order valence-electron chi connectivity index (χ2n) is 4.97. The molecule has 1 heterocycles. The van der Waals surface area contributed by atoms with Crippen molar-refractivity contribution in [3.63, 3.8) is 0 Å². The maximum absolute atomic E-state index is 11.3. The van der Waals surface area contributed by atoms with Crippen molar-refractivity contribution < 1.29 is 19.1 Å². The van der Waals surface area contributed by atoms with Gasteiger partial charge in [0.25, 0.3) is 0 Å². The Kier molecular flexibility index (Phi) is 6.22. The van der Waals surface area contributed by atoms with E-state index in [1.807, 2.05) is 30.4 Å². The van der Waals surface area contributed by atoms with Crippen molar-refractivity contribution in [3.05, 3.63) is 53.7 Å². The zero-order valence-corrected chi connectivity index (χ0v) is 13.5. The molecule has 0 saturated carbocycles. The first kappa shape index (κ1) is 17.4. The number of methoxy groups -OCH3 is 1. The normalized spacial score (nSPS) is 10.6. The molecule has 2 aromatic rings. The van der Waals surface area contributed by atoms with Gasteiger partial charge in [-0.2, -0.15) is 0 Å². The van der Waals surface area contributed by atoms with Crippen molar-refractivity contribution in [1.29, 1.82) is 0 Å². The van der Waals surface area contributed by atoms with E-state index >= 15 is 0 Å². The summed E-state index contributed by atoms with van der Waals surface area (Å²) in [4.78, 5) is 26.4. The summed E-state index contributed by atoms with van der Waals surface area (Å²) in [5.74, 6) is 0.362. The summed E-state index contributed by atoms with van der Waals surface area (Å²) in [7, 11) is 1.44. The highest BCUT2D eigenvalue weighted by atomic mass is 16.6. The number of esters is 1. The van der Waals surface area contributed by atoms with Gasteiger partial charge in [0.15, 0.2) is 0 Å². The van der Waals surface area contributed by atoms with Crippen LogP contribution in [0.5, 0.6) is 5.75 Å². The number of aromatic nitrogens is 1. The first-order chi connectivity index (χ1) is 11.6. The lowest BCUT2D eigenvalue weighted by molar-refractivity contribution is -0.138. The molecule has 124 valence electrons. The molecule has 1 aromatic heterocycles. The van der Waals surface area contributed by atoms with Crippen LogP contribution in [0, 0.1) is 0 Å². The fraction of sp³-hybridized carbons (Fsp3) is 0.167. The Hall–Kier alpha value is -2.99. The van der Waals surface area contributed by atoms with Crippen LogP contribution >= 0.6 is 0 Å². The highest BCUT2D eigenvalue weighted by Crippen LogP contribution is 2.15. The number of ether oxygens (including phenoxy) is 2. The summed E-state index contributed by atoms with van der Waals surface area (Å²) in [6, 6.07) is 10.7. The lowest BCUT2D eigenvalue weighted by atomic mass is 10.1. The van der Waals surface area contributed by atoms with Gasteiger partial charge in [-0.05, 0) is 35.4 Å². The molecule has 0 aliphatic rings. The standard InChI is InChI=1S/C18H18N2O4/c1-13(21)20-17-11-15(9-10-19-17)4-3-14-5-7-16(8-6-14)24-18(22)12-23-2/h3-11H,12H2,1-2H3,(H,19,20,21)/b4-3+. The highest BCUT2D eigenvalue weighted by molar-refractivity contribution is 5.88. The molecule has 0 aliphatic carbocycles. The van der Waals surface area contributed by atoms with Crippen LogP contribution in [0.15, 0.2) is 42.6 Å². The lowest BCUT2D eigenvalue weighted by Crippen LogP contribution is -2.13. The van der Waals surface area contributed by atoms with Crippen molar-refractivity contribution in [3.8, 4) is 5.75 Å². The molecule has 6 nitrogen and oxygen atoms in total. The molecule has 0 unspecified atom stereocenters. The maximum atomic E-state index is 11.3. The van der Waals surface area contributed by atoms with Gasteiger partial charge in [0, 0.05) is 20.2 Å². The molecule has 0 aliphatic heterocycles. The van der Waals surface area contributed by atoms with Crippen molar-refractivity contribution in [2.24, 2.45) is 0 Å². The molecular weight excluding hydrogens is 308 g/mol. The molecule has 0 radical (unpaired) electrons. The zero-order chi connectivity index (χ0) is 17.4. The van der Waals surface area contributed by atoms with Crippen molar-refractivity contribution in [2.75, 3.05) is 19.0 Å². The third kappa shape index (κ3) is 5.66. The van der Waals surface area contributed by atoms with Crippen molar-refractivity contribution in [1.82, 2.24) is 4.98 Å². The highest BCUT2D eigenvalue weighted by Gasteiger charge is 2.03. The van der Waals surface area contributed by atoms with Gasteiger partial charge >= 0.3 is 5.97 Å². The van der Waals surface area contributed by atoms with Gasteiger partial charge in [0.05, 0.1) is 0 Å². The first-order valence-electron chi connectivity index (χ1n) is 7.28. The number of hydrogen-bond acceptors (Lipinski definition) is 5. The predicted molar refractivity (Wildman–Crippen MR) is 91.4 cm³/mol. The third-order valence-electron chi connectivity index (χ3n) is 2.93. The maximum Gasteiger partial charge on any atom is 0.337 e. The molecule has 2 rings (SSSR count). The van der Waals surface area contributed by atoms with Crippen LogP contribution in [0.25, 0.3) is 12.2 Å². The number of nitrogens with one attached hydrogen (secondary N) is 1. The summed E-state index contributed by atoms with van der Waals surface area (Å²) in [5.41, 5.74) is 1.85. The number of hydrogen-bond donors (Lipinski definition) is 1. The fourth-order valence-electron chi connectivity index (χ4n) is 1.92. The number of benzene rings is 1. The minimum absolute atomic E-state index is 0.0830. The molecule has 0 bridgehead atoms. The number of pyridine rings is 1. The first-order valence-corrected chi connectivity index (χ1v) is 7.28. The quantitative estimate of drug-likeness (QED) is 0.652. The van der Waals surface area contributed by atoms with Crippen LogP contribution < -0.4 is 10.1 Å². The van der Waals surface area contributed by atoms with E-state index in [1.54, 1.807) is 24.4 Å². The van der Waals surface area contributed by atoms with Crippen LogP contribution in [0.3, 0.4) is 0 Å². The zero-order valence-electron chi connectivity index (χ0n) is 13.5. The lowest BCUT2D eigenvalue weighted by Gasteiger charge is -2.04. The van der Waals surface area contributed by atoms with Gasteiger partial charge in [0.1, 0.15) is 18.2 Å². The van der Waals surface area contributed by atoms with E-state index in [1.165, 1.54) is 14.0 Å². The number of rotatable bonds is 6. The monoisotopic (exact) mass is 326 g/mol. The molecule has 0 saturated heterocycles. The van der Waals surface area contributed by atoms with E-state index < -0.39 is 5.97 Å². The van der Waals surface area contributed by atoms with Gasteiger partial charge in [-0.1, -0.05) is 24.3 Å². The molecule has 0 atom stereocenters. The molecule has 1 amide bonds. The van der Waals surface area contributed by atoms with Crippen LogP contribution in [-0.4, -0.2) is 30.6 Å².